The molecule has 11 atom stereocenters. The summed E-state index contributed by atoms with van der Waals surface area (Å²) in [6, 6.07) is 0. The van der Waals surface area contributed by atoms with Gasteiger partial charge >= 0.3 is 0 Å². The highest BCUT2D eigenvalue weighted by atomic mass is 16.8. The highest BCUT2D eigenvalue weighted by Gasteiger charge is 2.75. The first-order chi connectivity index (χ1) is 18.3. The third-order valence-corrected chi connectivity index (χ3v) is 12.5. The molecule has 7 nitrogen and oxygen atoms in total. The molecule has 0 aromatic carbocycles. The van der Waals surface area contributed by atoms with Gasteiger partial charge in [-0.3, -0.25) is 0 Å². The van der Waals surface area contributed by atoms with Crippen LogP contribution in [0.25, 0.3) is 0 Å². The van der Waals surface area contributed by atoms with Crippen molar-refractivity contribution in [1.82, 2.24) is 0 Å². The second kappa shape index (κ2) is 8.77. The molecule has 2 heterocycles. The highest BCUT2D eigenvalue weighted by molar-refractivity contribution is 5.43. The van der Waals surface area contributed by atoms with Gasteiger partial charge in [0.1, 0.15) is 0 Å². The van der Waals surface area contributed by atoms with Crippen molar-refractivity contribution in [2.24, 2.45) is 28.6 Å². The number of hydrogen-bond acceptors (Lipinski definition) is 7. The zero-order chi connectivity index (χ0) is 29.3. The summed E-state index contributed by atoms with van der Waals surface area (Å²) in [5, 5.41) is 37.2. The lowest BCUT2D eigenvalue weighted by Gasteiger charge is -2.65. The van der Waals surface area contributed by atoms with Crippen LogP contribution in [-0.4, -0.2) is 68.1 Å². The minimum atomic E-state index is -1.25. The van der Waals surface area contributed by atoms with Gasteiger partial charge in [-0.25, -0.2) is 0 Å². The number of aliphatic hydroxyl groups is 3. The lowest BCUT2D eigenvalue weighted by molar-refractivity contribution is -0.223. The summed E-state index contributed by atoms with van der Waals surface area (Å²) in [7, 11) is 0. The zero-order valence-electron chi connectivity index (χ0n) is 26.3. The summed E-state index contributed by atoms with van der Waals surface area (Å²) < 4.78 is 25.8. The van der Waals surface area contributed by atoms with Crippen LogP contribution in [0.3, 0.4) is 0 Å². The Morgan fingerprint density at radius 2 is 1.50 bits per heavy atom. The molecule has 228 valence electrons. The van der Waals surface area contributed by atoms with E-state index in [4.69, 9.17) is 18.9 Å². The molecule has 2 aliphatic heterocycles. The Hall–Kier alpha value is -0.540. The first kappa shape index (κ1) is 29.5. The van der Waals surface area contributed by atoms with Crippen LogP contribution in [-0.2, 0) is 18.9 Å². The van der Waals surface area contributed by atoms with E-state index in [1.54, 1.807) is 0 Å². The molecule has 0 aromatic rings. The van der Waals surface area contributed by atoms with Gasteiger partial charge in [0, 0.05) is 10.8 Å². The summed E-state index contributed by atoms with van der Waals surface area (Å²) in [5.74, 6) is -0.936. The molecule has 0 spiro atoms. The Kier molecular flexibility index (Phi) is 6.47. The SMILES string of the molecule is CC(C)CC[C@H]1OC(C)(C)O[C@]1(C)[C@H]1CC[C@@]2(O)C3=C[C@H](O)[C@H]4C[C@H]5OC(C)(C)O[C@H]5C[C@]4(C)[C@@]3(O)CC[C@]12C. The molecule has 6 rings (SSSR count). The fraction of sp³-hybridized carbons (Fsp3) is 0.939. The van der Waals surface area contributed by atoms with Crippen LogP contribution in [0.5, 0.6) is 0 Å². The number of fused-ring (bicyclic) bond motifs is 6. The van der Waals surface area contributed by atoms with Gasteiger partial charge in [0.2, 0.25) is 0 Å². The van der Waals surface area contributed by atoms with Crippen molar-refractivity contribution < 1.29 is 34.3 Å². The molecule has 3 N–H and O–H groups in total. The summed E-state index contributed by atoms with van der Waals surface area (Å²) in [6.45, 7) is 18.8. The van der Waals surface area contributed by atoms with E-state index < -0.39 is 45.3 Å². The van der Waals surface area contributed by atoms with Crippen LogP contribution in [0.2, 0.25) is 0 Å². The number of ether oxygens (including phenoxy) is 4. The number of hydrogen-bond donors (Lipinski definition) is 3. The van der Waals surface area contributed by atoms with Gasteiger partial charge in [-0.05, 0) is 109 Å². The summed E-state index contributed by atoms with van der Waals surface area (Å²) in [6.07, 6.45) is 6.45. The standard InChI is InChI=1S/C33H54O7/c1-19(2)10-11-26-31(9,40-28(5,6)39-26)24-12-13-32(35)25-17-21(34)20-16-22-23(38-27(3,4)37-22)18-30(20,8)33(25,36)15-14-29(24,32)7/h17,19-24,26,34-36H,10-16,18H2,1-9H3/t20-,21+,22-,23+,24+,26-,29-,30+,31-,32-,33-/m1/s1. The Morgan fingerprint density at radius 3 is 2.17 bits per heavy atom. The molecule has 40 heavy (non-hydrogen) atoms. The average molecular weight is 563 g/mol. The maximum Gasteiger partial charge on any atom is 0.164 e. The van der Waals surface area contributed by atoms with Crippen LogP contribution in [0.15, 0.2) is 11.6 Å². The van der Waals surface area contributed by atoms with Crippen molar-refractivity contribution in [2.45, 2.75) is 166 Å². The molecule has 0 unspecified atom stereocenters. The van der Waals surface area contributed by atoms with Crippen molar-refractivity contribution >= 4 is 0 Å². The average Bonchev–Trinajstić information content (AvgIpc) is 3.37. The third kappa shape index (κ3) is 3.87. The molecule has 2 saturated heterocycles. The summed E-state index contributed by atoms with van der Waals surface area (Å²) >= 11 is 0. The third-order valence-electron chi connectivity index (χ3n) is 12.5. The van der Waals surface area contributed by atoms with E-state index in [0.717, 1.165) is 19.3 Å². The molecule has 5 fully saturated rings. The normalized spacial score (nSPS) is 54.5. The Bertz CT molecular complexity index is 1070. The van der Waals surface area contributed by atoms with E-state index in [0.29, 0.717) is 43.6 Å². The first-order valence-corrected chi connectivity index (χ1v) is 15.9. The molecule has 0 amide bonds. The van der Waals surface area contributed by atoms with Gasteiger partial charge < -0.3 is 34.3 Å². The topological polar surface area (TPSA) is 97.6 Å². The molecular weight excluding hydrogens is 508 g/mol. The van der Waals surface area contributed by atoms with Gasteiger partial charge in [-0.1, -0.05) is 33.8 Å². The van der Waals surface area contributed by atoms with Crippen LogP contribution >= 0.6 is 0 Å². The number of rotatable bonds is 4. The van der Waals surface area contributed by atoms with Gasteiger partial charge in [-0.2, -0.15) is 0 Å². The van der Waals surface area contributed by atoms with E-state index in [1.165, 1.54) is 0 Å². The van der Waals surface area contributed by atoms with Crippen molar-refractivity contribution in [2.75, 3.05) is 0 Å². The molecule has 0 radical (unpaired) electrons. The Labute approximate surface area is 241 Å². The van der Waals surface area contributed by atoms with E-state index in [1.807, 2.05) is 33.8 Å². The largest absolute Gasteiger partial charge is 0.389 e. The molecule has 3 saturated carbocycles. The van der Waals surface area contributed by atoms with E-state index in [-0.39, 0.29) is 30.1 Å². The smallest absolute Gasteiger partial charge is 0.164 e. The van der Waals surface area contributed by atoms with Crippen LogP contribution in [0, 0.1) is 28.6 Å². The lowest BCUT2D eigenvalue weighted by atomic mass is 9.43. The predicted molar refractivity (Wildman–Crippen MR) is 151 cm³/mol. The fourth-order valence-electron chi connectivity index (χ4n) is 10.6. The lowest BCUT2D eigenvalue weighted by Crippen LogP contribution is -2.70. The Balaban J connectivity index is 1.36. The molecule has 4 aliphatic carbocycles. The second-order valence-corrected chi connectivity index (χ2v) is 16.2. The van der Waals surface area contributed by atoms with Crippen molar-refractivity contribution in [3.8, 4) is 0 Å². The Morgan fingerprint density at radius 1 is 0.850 bits per heavy atom. The first-order valence-electron chi connectivity index (χ1n) is 15.9. The van der Waals surface area contributed by atoms with Gasteiger partial charge in [0.15, 0.2) is 11.6 Å². The van der Waals surface area contributed by atoms with E-state index >= 15 is 0 Å². The zero-order valence-corrected chi connectivity index (χ0v) is 26.3. The molecule has 7 heteroatoms. The predicted octanol–water partition coefficient (Wildman–Crippen LogP) is 5.24. The maximum absolute atomic E-state index is 12.8. The van der Waals surface area contributed by atoms with Crippen molar-refractivity contribution in [3.05, 3.63) is 11.6 Å². The van der Waals surface area contributed by atoms with Crippen LogP contribution < -0.4 is 0 Å². The van der Waals surface area contributed by atoms with Crippen molar-refractivity contribution in [3.63, 3.8) is 0 Å². The van der Waals surface area contributed by atoms with E-state index in [9.17, 15) is 15.3 Å². The summed E-state index contributed by atoms with van der Waals surface area (Å²) in [5.41, 5.74) is -3.59. The number of aliphatic hydroxyl groups excluding tert-OH is 1. The quantitative estimate of drug-likeness (QED) is 0.403. The molecule has 0 aromatic heterocycles. The van der Waals surface area contributed by atoms with E-state index in [2.05, 4.69) is 34.6 Å². The second-order valence-electron chi connectivity index (χ2n) is 16.2. The monoisotopic (exact) mass is 562 g/mol. The van der Waals surface area contributed by atoms with Crippen molar-refractivity contribution in [1.29, 1.82) is 0 Å². The molecule has 6 aliphatic rings. The van der Waals surface area contributed by atoms with Crippen LogP contribution in [0.1, 0.15) is 114 Å². The minimum absolute atomic E-state index is 0.0418. The van der Waals surface area contributed by atoms with Gasteiger partial charge in [-0.15, -0.1) is 0 Å². The fourth-order valence-corrected chi connectivity index (χ4v) is 10.6. The molecular formula is C33H54O7. The molecule has 0 bridgehead atoms. The van der Waals surface area contributed by atoms with Crippen LogP contribution in [0.4, 0.5) is 0 Å². The highest BCUT2D eigenvalue weighted by Crippen LogP contribution is 2.71. The van der Waals surface area contributed by atoms with Gasteiger partial charge in [0.25, 0.3) is 0 Å². The van der Waals surface area contributed by atoms with Gasteiger partial charge in [0.05, 0.1) is 41.2 Å². The maximum atomic E-state index is 12.8. The summed E-state index contributed by atoms with van der Waals surface area (Å²) in [4.78, 5) is 0. The minimum Gasteiger partial charge on any atom is -0.389 e.